The van der Waals surface area contributed by atoms with Crippen LogP contribution in [-0.4, -0.2) is 29.1 Å². The summed E-state index contributed by atoms with van der Waals surface area (Å²) in [6.07, 6.45) is 4.75. The number of aryl methyl sites for hydroxylation is 1. The van der Waals surface area contributed by atoms with Crippen molar-refractivity contribution >= 4 is 11.5 Å². The van der Waals surface area contributed by atoms with Crippen LogP contribution in [0.1, 0.15) is 31.0 Å². The number of aromatic nitrogens is 2. The minimum absolute atomic E-state index is 0.465. The van der Waals surface area contributed by atoms with Crippen LogP contribution in [0.4, 0.5) is 11.5 Å². The van der Waals surface area contributed by atoms with E-state index < -0.39 is 0 Å². The fourth-order valence-electron chi connectivity index (χ4n) is 2.88. The van der Waals surface area contributed by atoms with Crippen LogP contribution in [0.25, 0.3) is 0 Å². The standard InChI is InChI=1S/C18H21N5/c1-2-15-11-18(21-13-20-15)23-9-7-17(8-10-23)22-16-5-3-14(12-19)4-6-16/h3-6,11,13,17,22H,2,7-10H2,1H3. The summed E-state index contributed by atoms with van der Waals surface area (Å²) in [5, 5.41) is 12.4. The number of nitriles is 1. The Morgan fingerprint density at radius 2 is 1.96 bits per heavy atom. The highest BCUT2D eigenvalue weighted by atomic mass is 15.2. The van der Waals surface area contributed by atoms with Gasteiger partial charge in [-0.05, 0) is 43.5 Å². The molecular formula is C18H21N5. The van der Waals surface area contributed by atoms with Crippen molar-refractivity contribution in [3.05, 3.63) is 47.9 Å². The molecule has 5 heteroatoms. The number of piperidine rings is 1. The van der Waals surface area contributed by atoms with Crippen molar-refractivity contribution in [2.75, 3.05) is 23.3 Å². The van der Waals surface area contributed by atoms with Crippen molar-refractivity contribution in [3.63, 3.8) is 0 Å². The molecule has 0 saturated carbocycles. The smallest absolute Gasteiger partial charge is 0.132 e. The van der Waals surface area contributed by atoms with E-state index in [4.69, 9.17) is 5.26 Å². The van der Waals surface area contributed by atoms with Gasteiger partial charge in [0, 0.05) is 36.6 Å². The van der Waals surface area contributed by atoms with E-state index in [0.29, 0.717) is 11.6 Å². The number of nitrogens with one attached hydrogen (secondary N) is 1. The summed E-state index contributed by atoms with van der Waals surface area (Å²) in [6, 6.07) is 12.4. The zero-order chi connectivity index (χ0) is 16.1. The average molecular weight is 307 g/mol. The van der Waals surface area contributed by atoms with Gasteiger partial charge in [-0.25, -0.2) is 9.97 Å². The molecule has 1 aliphatic heterocycles. The topological polar surface area (TPSA) is 64.8 Å². The Labute approximate surface area is 137 Å². The molecule has 1 aliphatic rings. The van der Waals surface area contributed by atoms with Crippen molar-refractivity contribution in [2.24, 2.45) is 0 Å². The van der Waals surface area contributed by atoms with Crippen molar-refractivity contribution in [3.8, 4) is 6.07 Å². The largest absolute Gasteiger partial charge is 0.382 e. The van der Waals surface area contributed by atoms with Crippen LogP contribution >= 0.6 is 0 Å². The maximum Gasteiger partial charge on any atom is 0.132 e. The molecule has 5 nitrogen and oxygen atoms in total. The first-order chi connectivity index (χ1) is 11.3. The highest BCUT2D eigenvalue weighted by Crippen LogP contribution is 2.21. The van der Waals surface area contributed by atoms with E-state index >= 15 is 0 Å². The third-order valence-corrected chi connectivity index (χ3v) is 4.28. The van der Waals surface area contributed by atoms with Gasteiger partial charge in [-0.15, -0.1) is 0 Å². The van der Waals surface area contributed by atoms with Crippen LogP contribution in [0.3, 0.4) is 0 Å². The second kappa shape index (κ2) is 7.10. The fraction of sp³-hybridized carbons (Fsp3) is 0.389. The van der Waals surface area contributed by atoms with E-state index in [0.717, 1.165) is 49.6 Å². The molecular weight excluding hydrogens is 286 g/mol. The predicted octanol–water partition coefficient (Wildman–Crippen LogP) is 2.99. The molecule has 23 heavy (non-hydrogen) atoms. The number of nitrogens with zero attached hydrogens (tertiary/aromatic N) is 4. The van der Waals surface area contributed by atoms with Crippen LogP contribution in [0.5, 0.6) is 0 Å². The maximum atomic E-state index is 8.84. The van der Waals surface area contributed by atoms with Gasteiger partial charge in [0.1, 0.15) is 12.1 Å². The highest BCUT2D eigenvalue weighted by Gasteiger charge is 2.20. The molecule has 1 saturated heterocycles. The minimum atomic E-state index is 0.465. The molecule has 2 aromatic rings. The molecule has 1 aromatic heterocycles. The lowest BCUT2D eigenvalue weighted by Crippen LogP contribution is -2.39. The monoisotopic (exact) mass is 307 g/mol. The molecule has 1 aromatic carbocycles. The Bertz CT molecular complexity index is 681. The van der Waals surface area contributed by atoms with Gasteiger partial charge in [-0.3, -0.25) is 0 Å². The van der Waals surface area contributed by atoms with Gasteiger partial charge in [-0.2, -0.15) is 5.26 Å². The second-order valence-electron chi connectivity index (χ2n) is 5.82. The second-order valence-corrected chi connectivity index (χ2v) is 5.82. The van der Waals surface area contributed by atoms with Gasteiger partial charge >= 0.3 is 0 Å². The summed E-state index contributed by atoms with van der Waals surface area (Å²) in [7, 11) is 0. The SMILES string of the molecule is CCc1cc(N2CCC(Nc3ccc(C#N)cc3)CC2)ncn1. The summed E-state index contributed by atoms with van der Waals surface area (Å²) in [5.41, 5.74) is 2.87. The van der Waals surface area contributed by atoms with Crippen LogP contribution in [0.15, 0.2) is 36.7 Å². The Morgan fingerprint density at radius 1 is 1.22 bits per heavy atom. The Balaban J connectivity index is 1.56. The summed E-state index contributed by atoms with van der Waals surface area (Å²) in [5.74, 6) is 1.04. The molecule has 0 bridgehead atoms. The lowest BCUT2D eigenvalue weighted by molar-refractivity contribution is 0.523. The van der Waals surface area contributed by atoms with Crippen molar-refractivity contribution in [2.45, 2.75) is 32.2 Å². The minimum Gasteiger partial charge on any atom is -0.382 e. The van der Waals surface area contributed by atoms with Gasteiger partial charge in [0.25, 0.3) is 0 Å². The Hall–Kier alpha value is -2.61. The Morgan fingerprint density at radius 3 is 2.61 bits per heavy atom. The van der Waals surface area contributed by atoms with E-state index in [1.165, 1.54) is 0 Å². The van der Waals surface area contributed by atoms with Crippen LogP contribution in [-0.2, 0) is 6.42 Å². The zero-order valence-corrected chi connectivity index (χ0v) is 13.4. The van der Waals surface area contributed by atoms with Crippen LogP contribution in [0.2, 0.25) is 0 Å². The van der Waals surface area contributed by atoms with Gasteiger partial charge in [0.2, 0.25) is 0 Å². The number of anilines is 2. The first kappa shape index (κ1) is 15.3. The maximum absolute atomic E-state index is 8.84. The highest BCUT2D eigenvalue weighted by molar-refractivity contribution is 5.48. The molecule has 0 amide bonds. The van der Waals surface area contributed by atoms with Gasteiger partial charge in [0.05, 0.1) is 11.6 Å². The molecule has 1 fully saturated rings. The quantitative estimate of drug-likeness (QED) is 0.940. The van der Waals surface area contributed by atoms with Crippen molar-refractivity contribution in [1.29, 1.82) is 5.26 Å². The molecule has 0 radical (unpaired) electrons. The Kier molecular flexibility index (Phi) is 4.72. The molecule has 3 rings (SSSR count). The number of hydrogen-bond acceptors (Lipinski definition) is 5. The summed E-state index contributed by atoms with van der Waals surface area (Å²) < 4.78 is 0. The summed E-state index contributed by atoms with van der Waals surface area (Å²) in [6.45, 7) is 4.10. The molecule has 0 unspecified atom stereocenters. The van der Waals surface area contributed by atoms with E-state index in [9.17, 15) is 0 Å². The molecule has 0 spiro atoms. The molecule has 1 N–H and O–H groups in total. The fourth-order valence-corrected chi connectivity index (χ4v) is 2.88. The summed E-state index contributed by atoms with van der Waals surface area (Å²) >= 11 is 0. The normalized spacial score (nSPS) is 15.2. The van der Waals surface area contributed by atoms with Gasteiger partial charge < -0.3 is 10.2 Å². The van der Waals surface area contributed by atoms with Crippen molar-refractivity contribution in [1.82, 2.24) is 9.97 Å². The molecule has 118 valence electrons. The average Bonchev–Trinajstić information content (AvgIpc) is 2.63. The lowest BCUT2D eigenvalue weighted by atomic mass is 10.0. The predicted molar refractivity (Wildman–Crippen MR) is 91.4 cm³/mol. The van der Waals surface area contributed by atoms with Gasteiger partial charge in [0.15, 0.2) is 0 Å². The number of hydrogen-bond donors (Lipinski definition) is 1. The van der Waals surface area contributed by atoms with Crippen molar-refractivity contribution < 1.29 is 0 Å². The lowest BCUT2D eigenvalue weighted by Gasteiger charge is -2.33. The first-order valence-electron chi connectivity index (χ1n) is 8.11. The third-order valence-electron chi connectivity index (χ3n) is 4.28. The third kappa shape index (κ3) is 3.78. The van der Waals surface area contributed by atoms with Crippen LogP contribution in [0, 0.1) is 11.3 Å². The molecule has 0 aliphatic carbocycles. The van der Waals surface area contributed by atoms with E-state index in [-0.39, 0.29) is 0 Å². The molecule has 2 heterocycles. The van der Waals surface area contributed by atoms with E-state index in [2.05, 4.69) is 39.2 Å². The van der Waals surface area contributed by atoms with Crippen LogP contribution < -0.4 is 10.2 Å². The first-order valence-corrected chi connectivity index (χ1v) is 8.11. The number of rotatable bonds is 4. The molecule has 0 atom stereocenters. The summed E-state index contributed by atoms with van der Waals surface area (Å²) in [4.78, 5) is 11.0. The number of benzene rings is 1. The zero-order valence-electron chi connectivity index (χ0n) is 13.4. The van der Waals surface area contributed by atoms with E-state index in [1.807, 2.05) is 24.3 Å². The van der Waals surface area contributed by atoms with E-state index in [1.54, 1.807) is 6.33 Å². The van der Waals surface area contributed by atoms with Gasteiger partial charge in [-0.1, -0.05) is 6.92 Å².